The zero-order valence-corrected chi connectivity index (χ0v) is 12.1. The van der Waals surface area contributed by atoms with Gasteiger partial charge in [-0.3, -0.25) is 0 Å². The van der Waals surface area contributed by atoms with Crippen molar-refractivity contribution in [2.45, 2.75) is 27.2 Å². The van der Waals surface area contributed by atoms with E-state index in [-0.39, 0.29) is 11.2 Å². The maximum atomic E-state index is 12.0. The molecule has 0 aliphatic carbocycles. The van der Waals surface area contributed by atoms with E-state index in [1.165, 1.54) is 0 Å². The van der Waals surface area contributed by atoms with Gasteiger partial charge >= 0.3 is 0 Å². The van der Waals surface area contributed by atoms with Gasteiger partial charge in [-0.2, -0.15) is 0 Å². The summed E-state index contributed by atoms with van der Waals surface area (Å²) in [6.07, 6.45) is 0.981. The lowest BCUT2D eigenvalue weighted by Gasteiger charge is -2.23. The first-order valence-electron chi connectivity index (χ1n) is 5.28. The minimum absolute atomic E-state index is 0.161. The summed E-state index contributed by atoms with van der Waals surface area (Å²) in [5.41, 5.74) is -0.161. The van der Waals surface area contributed by atoms with Crippen LogP contribution < -0.4 is 0 Å². The highest BCUT2D eigenvalue weighted by atomic mass is 79.9. The molecule has 90 valence electrons. The van der Waals surface area contributed by atoms with E-state index < -0.39 is 10.0 Å². The highest BCUT2D eigenvalue weighted by Gasteiger charge is 2.33. The van der Waals surface area contributed by atoms with Gasteiger partial charge in [-0.1, -0.05) is 36.7 Å². The molecular weight excluding hydrogens is 278 g/mol. The molecule has 1 unspecified atom stereocenters. The summed E-state index contributed by atoms with van der Waals surface area (Å²) in [5, 5.41) is 0.897. The smallest absolute Gasteiger partial charge is 0.212 e. The van der Waals surface area contributed by atoms with Crippen molar-refractivity contribution in [2.75, 3.05) is 24.2 Å². The summed E-state index contributed by atoms with van der Waals surface area (Å²) in [6.45, 7) is 7.26. The lowest BCUT2D eigenvalue weighted by Crippen LogP contribution is -2.35. The Hall–Kier alpha value is 0.390. The molecule has 0 N–H and O–H groups in total. The lowest BCUT2D eigenvalue weighted by atomic mass is 10.0. The fourth-order valence-electron chi connectivity index (χ4n) is 1.81. The van der Waals surface area contributed by atoms with E-state index in [2.05, 4.69) is 15.9 Å². The van der Waals surface area contributed by atoms with Crippen molar-refractivity contribution >= 4 is 26.0 Å². The van der Waals surface area contributed by atoms with Gasteiger partial charge in [-0.25, -0.2) is 12.7 Å². The first-order chi connectivity index (χ1) is 6.74. The van der Waals surface area contributed by atoms with E-state index in [9.17, 15) is 8.42 Å². The van der Waals surface area contributed by atoms with Crippen LogP contribution in [0.15, 0.2) is 0 Å². The minimum Gasteiger partial charge on any atom is -0.212 e. The molecule has 0 saturated carbocycles. The number of hydrogen-bond acceptors (Lipinski definition) is 2. The van der Waals surface area contributed by atoms with Gasteiger partial charge in [0.1, 0.15) is 0 Å². The molecule has 0 aromatic heterocycles. The summed E-state index contributed by atoms with van der Waals surface area (Å²) < 4.78 is 25.7. The highest BCUT2D eigenvalue weighted by Crippen LogP contribution is 2.25. The van der Waals surface area contributed by atoms with Gasteiger partial charge in [0.15, 0.2) is 0 Å². The molecule has 1 rings (SSSR count). The number of halogens is 1. The minimum atomic E-state index is -3.05. The molecular formula is C10H20BrNO2S. The molecule has 1 aliphatic heterocycles. The van der Waals surface area contributed by atoms with E-state index in [1.54, 1.807) is 4.31 Å². The Bertz CT molecular complexity index is 308. The standard InChI is InChI=1S/C10H20BrNO2S/c1-10(2,3)8-15(13,14)12-5-4-9(6-11)7-12/h9H,4-8H2,1-3H3. The fourth-order valence-corrected chi connectivity index (χ4v) is 4.44. The quantitative estimate of drug-likeness (QED) is 0.748. The van der Waals surface area contributed by atoms with Crippen LogP contribution in [0.3, 0.4) is 0 Å². The molecule has 1 fully saturated rings. The second-order valence-corrected chi connectivity index (χ2v) is 8.10. The fraction of sp³-hybridized carbons (Fsp3) is 1.00. The third-order valence-electron chi connectivity index (χ3n) is 2.48. The Balaban J connectivity index is 2.64. The molecule has 3 nitrogen and oxygen atoms in total. The summed E-state index contributed by atoms with van der Waals surface area (Å²) in [5.74, 6) is 0.731. The molecule has 0 radical (unpaired) electrons. The summed E-state index contributed by atoms with van der Waals surface area (Å²) in [6, 6.07) is 0. The van der Waals surface area contributed by atoms with Crippen LogP contribution in [0.5, 0.6) is 0 Å². The van der Waals surface area contributed by atoms with Crippen molar-refractivity contribution in [1.82, 2.24) is 4.31 Å². The zero-order chi connectivity index (χ0) is 11.7. The lowest BCUT2D eigenvalue weighted by molar-refractivity contribution is 0.420. The SMILES string of the molecule is CC(C)(C)CS(=O)(=O)N1CCC(CBr)C1. The first kappa shape index (κ1) is 13.5. The van der Waals surface area contributed by atoms with Crippen LogP contribution in [0.2, 0.25) is 0 Å². The van der Waals surface area contributed by atoms with Crippen molar-refractivity contribution in [1.29, 1.82) is 0 Å². The first-order valence-corrected chi connectivity index (χ1v) is 8.01. The monoisotopic (exact) mass is 297 g/mol. The molecule has 1 heterocycles. The molecule has 5 heteroatoms. The van der Waals surface area contributed by atoms with E-state index in [4.69, 9.17) is 0 Å². The predicted octanol–water partition coefficient (Wildman–Crippen LogP) is 2.08. The largest absolute Gasteiger partial charge is 0.214 e. The van der Waals surface area contributed by atoms with Crippen molar-refractivity contribution in [3.05, 3.63) is 0 Å². The van der Waals surface area contributed by atoms with Gasteiger partial charge in [-0.15, -0.1) is 0 Å². The second kappa shape index (κ2) is 4.72. The van der Waals surface area contributed by atoms with Crippen LogP contribution in [-0.2, 0) is 10.0 Å². The average molecular weight is 298 g/mol. The van der Waals surface area contributed by atoms with Crippen LogP contribution >= 0.6 is 15.9 Å². The van der Waals surface area contributed by atoms with Gasteiger partial charge < -0.3 is 0 Å². The number of hydrogen-bond donors (Lipinski definition) is 0. The van der Waals surface area contributed by atoms with Gasteiger partial charge in [0, 0.05) is 18.4 Å². The second-order valence-electron chi connectivity index (χ2n) is 5.48. The van der Waals surface area contributed by atoms with Crippen LogP contribution in [0.4, 0.5) is 0 Å². The van der Waals surface area contributed by atoms with E-state index in [0.29, 0.717) is 19.0 Å². The van der Waals surface area contributed by atoms with Crippen molar-refractivity contribution in [3.8, 4) is 0 Å². The van der Waals surface area contributed by atoms with E-state index in [1.807, 2.05) is 20.8 Å². The number of sulfonamides is 1. The molecule has 0 amide bonds. The molecule has 0 bridgehead atoms. The Kier molecular flexibility index (Phi) is 4.23. The number of alkyl halides is 1. The van der Waals surface area contributed by atoms with Crippen molar-refractivity contribution in [3.63, 3.8) is 0 Å². The molecule has 1 aliphatic rings. The molecule has 0 aromatic carbocycles. The Morgan fingerprint density at radius 2 is 2.00 bits per heavy atom. The summed E-state index contributed by atoms with van der Waals surface area (Å²) in [7, 11) is -3.05. The third kappa shape index (κ3) is 4.04. The topological polar surface area (TPSA) is 37.4 Å². The Labute approximate surface area is 101 Å². The number of rotatable bonds is 3. The van der Waals surface area contributed by atoms with Crippen LogP contribution in [0, 0.1) is 11.3 Å². The number of nitrogens with zero attached hydrogens (tertiary/aromatic N) is 1. The molecule has 15 heavy (non-hydrogen) atoms. The molecule has 0 spiro atoms. The molecule has 0 aromatic rings. The Morgan fingerprint density at radius 1 is 1.40 bits per heavy atom. The zero-order valence-electron chi connectivity index (χ0n) is 9.66. The summed E-state index contributed by atoms with van der Waals surface area (Å²) >= 11 is 3.41. The van der Waals surface area contributed by atoms with Crippen molar-refractivity contribution < 1.29 is 8.42 Å². The third-order valence-corrected chi connectivity index (χ3v) is 5.74. The van der Waals surface area contributed by atoms with Crippen molar-refractivity contribution in [2.24, 2.45) is 11.3 Å². The van der Waals surface area contributed by atoms with Gasteiger partial charge in [0.2, 0.25) is 10.0 Å². The highest BCUT2D eigenvalue weighted by molar-refractivity contribution is 9.09. The maximum Gasteiger partial charge on any atom is 0.214 e. The van der Waals surface area contributed by atoms with Gasteiger partial charge in [0.05, 0.1) is 5.75 Å². The van der Waals surface area contributed by atoms with Gasteiger partial charge in [-0.05, 0) is 17.8 Å². The normalized spacial score (nSPS) is 24.7. The predicted molar refractivity (Wildman–Crippen MR) is 66.7 cm³/mol. The van der Waals surface area contributed by atoms with E-state index in [0.717, 1.165) is 11.8 Å². The van der Waals surface area contributed by atoms with Crippen LogP contribution in [0.25, 0.3) is 0 Å². The average Bonchev–Trinajstić information content (AvgIpc) is 2.47. The Morgan fingerprint density at radius 3 is 2.40 bits per heavy atom. The maximum absolute atomic E-state index is 12.0. The van der Waals surface area contributed by atoms with Gasteiger partial charge in [0.25, 0.3) is 0 Å². The van der Waals surface area contributed by atoms with E-state index >= 15 is 0 Å². The molecule has 1 saturated heterocycles. The summed E-state index contributed by atoms with van der Waals surface area (Å²) in [4.78, 5) is 0. The molecule has 1 atom stereocenters. The van der Waals surface area contributed by atoms with Crippen LogP contribution in [-0.4, -0.2) is 36.9 Å². The van der Waals surface area contributed by atoms with Crippen LogP contribution in [0.1, 0.15) is 27.2 Å².